The number of halogens is 5. The van der Waals surface area contributed by atoms with E-state index in [1.165, 1.54) is 6.07 Å². The lowest BCUT2D eigenvalue weighted by Crippen LogP contribution is -3.34. The Morgan fingerprint density at radius 1 is 1.00 bits per heavy atom. The van der Waals surface area contributed by atoms with Gasteiger partial charge in [-0.15, -0.1) is 0 Å². The number of hydrogen-bond donors (Lipinski definition) is 0. The minimum atomic E-state index is -6.00. The van der Waals surface area contributed by atoms with Crippen LogP contribution in [0, 0.1) is 13.7 Å². The average Bonchev–Trinajstić information content (AvgIpc) is 2.37. The first-order valence-electron chi connectivity index (χ1n) is 5.56. The Labute approximate surface area is 131 Å². The van der Waals surface area contributed by atoms with E-state index < -0.39 is 7.25 Å². The van der Waals surface area contributed by atoms with E-state index in [0.717, 1.165) is 14.7 Å². The topological polar surface area (TPSA) is 43.1 Å². The lowest BCUT2D eigenvalue weighted by molar-refractivity contribution is -0.384. The molecule has 0 aliphatic rings. The fraction of sp³-hybridized carbons (Fsp3) is 0. The molecular formula is C12H9BF4INO2. The van der Waals surface area contributed by atoms with Crippen LogP contribution in [0.15, 0.2) is 48.5 Å². The molecular weight excluding hydrogens is 404 g/mol. The van der Waals surface area contributed by atoms with E-state index in [9.17, 15) is 27.4 Å². The van der Waals surface area contributed by atoms with E-state index in [4.69, 9.17) is 0 Å². The van der Waals surface area contributed by atoms with E-state index in [2.05, 4.69) is 0 Å². The van der Waals surface area contributed by atoms with Gasteiger partial charge >= 0.3 is 7.25 Å². The summed E-state index contributed by atoms with van der Waals surface area (Å²) in [5, 5.41) is 10.7. The van der Waals surface area contributed by atoms with Crippen molar-refractivity contribution in [2.75, 3.05) is 0 Å². The van der Waals surface area contributed by atoms with Crippen molar-refractivity contribution < 1.29 is 44.8 Å². The highest BCUT2D eigenvalue weighted by atomic mass is 127. The minimum Gasteiger partial charge on any atom is -0.418 e. The van der Waals surface area contributed by atoms with Gasteiger partial charge in [-0.25, -0.2) is 0 Å². The molecule has 0 bridgehead atoms. The first kappa shape index (κ1) is 17.4. The van der Waals surface area contributed by atoms with Crippen molar-refractivity contribution in [3.05, 3.63) is 62.2 Å². The molecule has 0 atom stereocenters. The highest BCUT2D eigenvalue weighted by Gasteiger charge is 2.20. The minimum absolute atomic E-state index is 0.127. The Morgan fingerprint density at radius 2 is 1.57 bits per heavy atom. The van der Waals surface area contributed by atoms with Gasteiger partial charge in [-0.2, -0.15) is 0 Å². The molecule has 3 nitrogen and oxygen atoms in total. The third-order valence-electron chi connectivity index (χ3n) is 2.26. The molecule has 0 saturated heterocycles. The maximum Gasteiger partial charge on any atom is 0.673 e. The van der Waals surface area contributed by atoms with Crippen molar-refractivity contribution in [3.8, 4) is 11.1 Å². The Balaban J connectivity index is 0.000000383. The van der Waals surface area contributed by atoms with Gasteiger partial charge in [-0.05, 0) is 17.7 Å². The van der Waals surface area contributed by atoms with Gasteiger partial charge in [0, 0.05) is 17.7 Å². The predicted molar refractivity (Wildman–Crippen MR) is 68.8 cm³/mol. The van der Waals surface area contributed by atoms with Crippen molar-refractivity contribution >= 4 is 12.9 Å². The first-order valence-corrected chi connectivity index (χ1v) is 6.73. The highest BCUT2D eigenvalue weighted by Crippen LogP contribution is 2.23. The molecule has 0 N–H and O–H groups in total. The van der Waals surface area contributed by atoms with Gasteiger partial charge in [0.15, 0.2) is 3.57 Å². The van der Waals surface area contributed by atoms with Gasteiger partial charge < -0.3 is 17.3 Å². The van der Waals surface area contributed by atoms with Crippen LogP contribution in [0.4, 0.5) is 23.0 Å². The number of nitrogens with zero attached hydrogens (tertiary/aromatic N) is 1. The molecule has 2 aromatic carbocycles. The first-order chi connectivity index (χ1) is 9.68. The van der Waals surface area contributed by atoms with Crippen LogP contribution in [0.25, 0.3) is 11.1 Å². The molecule has 2 rings (SSSR count). The lowest BCUT2D eigenvalue weighted by Gasteiger charge is -2.00. The van der Waals surface area contributed by atoms with Gasteiger partial charge in [0.25, 0.3) is 28.3 Å². The summed E-state index contributed by atoms with van der Waals surface area (Å²) in [6.07, 6.45) is 0. The van der Waals surface area contributed by atoms with Crippen LogP contribution < -0.4 is 22.6 Å². The summed E-state index contributed by atoms with van der Waals surface area (Å²) in [4.78, 5) is 10.3. The van der Waals surface area contributed by atoms with Gasteiger partial charge in [0.1, 0.15) is 0 Å². The summed E-state index contributed by atoms with van der Waals surface area (Å²) in [6, 6.07) is 14.6. The van der Waals surface area contributed by atoms with E-state index in [0.29, 0.717) is 0 Å². The molecule has 2 aromatic rings. The van der Waals surface area contributed by atoms with Crippen LogP contribution in [0.5, 0.6) is 0 Å². The maximum atomic E-state index is 10.7. The van der Waals surface area contributed by atoms with Crippen LogP contribution >= 0.6 is 0 Å². The van der Waals surface area contributed by atoms with Gasteiger partial charge in [0.2, 0.25) is 0 Å². The van der Waals surface area contributed by atoms with Crippen molar-refractivity contribution in [2.24, 2.45) is 0 Å². The van der Waals surface area contributed by atoms with Gasteiger partial charge in [0.05, 0.1) is 4.92 Å². The monoisotopic (exact) mass is 413 g/mol. The summed E-state index contributed by atoms with van der Waals surface area (Å²) >= 11 is 1.92. The van der Waals surface area contributed by atoms with Gasteiger partial charge in [-0.3, -0.25) is 10.1 Å². The number of nitro benzene ring substituents is 1. The smallest absolute Gasteiger partial charge is 0.418 e. The van der Waals surface area contributed by atoms with Crippen molar-refractivity contribution in [3.63, 3.8) is 0 Å². The number of nitro groups is 1. The summed E-state index contributed by atoms with van der Waals surface area (Å²) in [6.45, 7) is 0. The second kappa shape index (κ2) is 7.39. The normalized spacial score (nSPS) is 10.5. The fourth-order valence-corrected chi connectivity index (χ4v) is 2.25. The number of non-ortho nitro benzene ring substituents is 1. The Morgan fingerprint density at radius 3 is 2.10 bits per heavy atom. The number of hydrogen-bond acceptors (Lipinski definition) is 2. The standard InChI is InChI=1S/C12H9INO2.BF4/c13-12-7-2-1-6-11(12)9-4-3-5-10(8-9)14(15)16;2-1(3,4)5/h1-8,13H;/q+1;-1. The van der Waals surface area contributed by atoms with Crippen LogP contribution in [-0.2, 0) is 0 Å². The third-order valence-corrected chi connectivity index (χ3v) is 3.27. The summed E-state index contributed by atoms with van der Waals surface area (Å²) in [7, 11) is -6.00. The molecule has 0 heterocycles. The van der Waals surface area contributed by atoms with Crippen molar-refractivity contribution in [2.45, 2.75) is 0 Å². The van der Waals surface area contributed by atoms with Crippen LogP contribution in [0.3, 0.4) is 0 Å². The summed E-state index contributed by atoms with van der Waals surface area (Å²) < 4.78 is 40.1. The van der Waals surface area contributed by atoms with E-state index >= 15 is 0 Å². The number of rotatable bonds is 2. The van der Waals surface area contributed by atoms with Crippen LogP contribution in [0.2, 0.25) is 0 Å². The second-order valence-corrected chi connectivity index (χ2v) is 5.05. The van der Waals surface area contributed by atoms with Crippen LogP contribution in [-0.4, -0.2) is 12.2 Å². The zero-order valence-corrected chi connectivity index (χ0v) is 12.7. The molecule has 0 radical (unpaired) electrons. The molecule has 21 heavy (non-hydrogen) atoms. The molecule has 0 aromatic heterocycles. The Kier molecular flexibility index (Phi) is 6.12. The fourth-order valence-electron chi connectivity index (χ4n) is 1.49. The molecule has 0 spiro atoms. The molecule has 0 aliphatic heterocycles. The number of benzene rings is 2. The molecule has 0 aliphatic carbocycles. The molecule has 0 amide bonds. The third kappa shape index (κ3) is 6.56. The summed E-state index contributed by atoms with van der Waals surface area (Å²) in [5.74, 6) is 0. The lowest BCUT2D eigenvalue weighted by atomic mass is 10.1. The Bertz CT molecular complexity index is 631. The molecule has 0 fully saturated rings. The highest BCUT2D eigenvalue weighted by molar-refractivity contribution is 6.50. The maximum absolute atomic E-state index is 10.7. The summed E-state index contributed by atoms with van der Waals surface area (Å²) in [5.41, 5.74) is 2.05. The van der Waals surface area contributed by atoms with E-state index in [1.807, 2.05) is 52.9 Å². The van der Waals surface area contributed by atoms with E-state index in [1.54, 1.807) is 12.1 Å². The molecule has 0 saturated carbocycles. The van der Waals surface area contributed by atoms with Crippen molar-refractivity contribution in [1.82, 2.24) is 0 Å². The molecule has 9 heteroatoms. The quantitative estimate of drug-likeness (QED) is 0.243. The van der Waals surface area contributed by atoms with Crippen molar-refractivity contribution in [1.29, 1.82) is 0 Å². The predicted octanol–water partition coefficient (Wildman–Crippen LogP) is 1.02. The van der Waals surface area contributed by atoms with Gasteiger partial charge in [-0.1, -0.05) is 24.3 Å². The largest absolute Gasteiger partial charge is 0.673 e. The molecule has 0 unspecified atom stereocenters. The SMILES string of the molecule is F[B-](F)(F)F.O=[N+]([O-])c1cccc(-c2ccccc2[IH+])c1. The Hall–Kier alpha value is -1.65. The van der Waals surface area contributed by atoms with Crippen LogP contribution in [0.1, 0.15) is 0 Å². The molecule has 112 valence electrons. The van der Waals surface area contributed by atoms with E-state index in [-0.39, 0.29) is 10.6 Å². The average molecular weight is 413 g/mol. The zero-order valence-electron chi connectivity index (χ0n) is 10.4. The zero-order chi connectivity index (χ0) is 16.0. The second-order valence-electron chi connectivity index (χ2n) is 3.80.